The summed E-state index contributed by atoms with van der Waals surface area (Å²) in [7, 11) is 0. The van der Waals surface area contributed by atoms with Gasteiger partial charge in [0.05, 0.1) is 0 Å². The van der Waals surface area contributed by atoms with Gasteiger partial charge in [0.15, 0.2) is 5.69 Å². The van der Waals surface area contributed by atoms with Gasteiger partial charge in [0.2, 0.25) is 5.91 Å². The molecule has 1 heterocycles. The molecule has 0 aliphatic rings. The number of carbonyl (C=O) groups is 1. The smallest absolute Gasteiger partial charge is 0.324 e. The molecule has 0 aliphatic carbocycles. The molecule has 0 radical (unpaired) electrons. The van der Waals surface area contributed by atoms with Crippen LogP contribution in [0.15, 0.2) is 36.5 Å². The number of benzene rings is 1. The first-order valence-corrected chi connectivity index (χ1v) is 6.76. The molecule has 0 aliphatic heterocycles. The van der Waals surface area contributed by atoms with Crippen molar-refractivity contribution >= 4 is 11.6 Å². The maximum Gasteiger partial charge on any atom is 0.435 e. The normalized spacial score (nSPS) is 11.7. The van der Waals surface area contributed by atoms with Crippen LogP contribution in [0.3, 0.4) is 0 Å². The molecule has 0 saturated carbocycles. The number of rotatable bonds is 4. The Kier molecular flexibility index (Phi) is 4.54. The molecule has 2 rings (SSSR count). The monoisotopic (exact) mass is 311 g/mol. The van der Waals surface area contributed by atoms with Crippen LogP contribution in [0.25, 0.3) is 0 Å². The Morgan fingerprint density at radius 3 is 2.64 bits per heavy atom. The summed E-state index contributed by atoms with van der Waals surface area (Å²) >= 11 is 0. The van der Waals surface area contributed by atoms with Crippen molar-refractivity contribution in [3.05, 3.63) is 47.8 Å². The summed E-state index contributed by atoms with van der Waals surface area (Å²) in [5.41, 5.74) is 0.665. The summed E-state index contributed by atoms with van der Waals surface area (Å²) in [4.78, 5) is 11.9. The fraction of sp³-hybridized carbons (Fsp3) is 0.333. The fourth-order valence-corrected chi connectivity index (χ4v) is 1.92. The predicted molar refractivity (Wildman–Crippen MR) is 76.4 cm³/mol. The van der Waals surface area contributed by atoms with E-state index >= 15 is 0 Å². The molecule has 1 aromatic heterocycles. The molecule has 0 atom stereocenters. The number of nitrogens with one attached hydrogen (secondary N) is 1. The minimum atomic E-state index is -4.51. The van der Waals surface area contributed by atoms with Gasteiger partial charge in [-0.15, -0.1) is 0 Å². The van der Waals surface area contributed by atoms with Crippen LogP contribution in [-0.2, 0) is 17.5 Å². The van der Waals surface area contributed by atoms with Gasteiger partial charge < -0.3 is 5.32 Å². The number of alkyl halides is 3. The third-order valence-corrected chi connectivity index (χ3v) is 3.07. The summed E-state index contributed by atoms with van der Waals surface area (Å²) in [5, 5.41) is 5.99. The van der Waals surface area contributed by atoms with Gasteiger partial charge in [-0.1, -0.05) is 26.0 Å². The van der Waals surface area contributed by atoms with Crippen LogP contribution in [0.5, 0.6) is 0 Å². The molecule has 0 saturated heterocycles. The lowest BCUT2D eigenvalue weighted by Gasteiger charge is -2.09. The third-order valence-electron chi connectivity index (χ3n) is 3.07. The number of hydrogen-bond donors (Lipinski definition) is 1. The zero-order chi connectivity index (χ0) is 16.3. The van der Waals surface area contributed by atoms with E-state index in [-0.39, 0.29) is 6.54 Å². The van der Waals surface area contributed by atoms with Gasteiger partial charge in [0.1, 0.15) is 6.54 Å². The minimum absolute atomic E-state index is 0.276. The van der Waals surface area contributed by atoms with Crippen molar-refractivity contribution in [2.45, 2.75) is 32.5 Å². The van der Waals surface area contributed by atoms with E-state index in [1.807, 2.05) is 32.0 Å². The Labute approximate surface area is 125 Å². The van der Waals surface area contributed by atoms with Crippen LogP contribution < -0.4 is 5.32 Å². The van der Waals surface area contributed by atoms with E-state index < -0.39 is 17.8 Å². The second kappa shape index (κ2) is 6.21. The van der Waals surface area contributed by atoms with E-state index in [0.717, 1.165) is 22.5 Å². The Balaban J connectivity index is 2.01. The van der Waals surface area contributed by atoms with E-state index in [0.29, 0.717) is 11.6 Å². The number of aromatic nitrogens is 2. The molecule has 0 fully saturated rings. The summed E-state index contributed by atoms with van der Waals surface area (Å²) in [6, 6.07) is 8.18. The maximum absolute atomic E-state index is 12.4. The second-order valence-electron chi connectivity index (χ2n) is 5.22. The van der Waals surface area contributed by atoms with Gasteiger partial charge in [-0.25, -0.2) is 0 Å². The van der Waals surface area contributed by atoms with E-state index in [1.165, 1.54) is 0 Å². The molecule has 118 valence electrons. The molecule has 4 nitrogen and oxygen atoms in total. The first-order chi connectivity index (χ1) is 10.3. The Morgan fingerprint density at radius 1 is 1.32 bits per heavy atom. The van der Waals surface area contributed by atoms with Crippen molar-refractivity contribution in [3.63, 3.8) is 0 Å². The topological polar surface area (TPSA) is 46.9 Å². The van der Waals surface area contributed by atoms with Crippen molar-refractivity contribution in [2.75, 3.05) is 5.32 Å². The van der Waals surface area contributed by atoms with E-state index in [9.17, 15) is 18.0 Å². The average molecular weight is 311 g/mol. The Bertz CT molecular complexity index is 662. The van der Waals surface area contributed by atoms with Crippen LogP contribution in [0.1, 0.15) is 31.0 Å². The second-order valence-corrected chi connectivity index (χ2v) is 5.22. The van der Waals surface area contributed by atoms with Gasteiger partial charge in [0.25, 0.3) is 0 Å². The van der Waals surface area contributed by atoms with Crippen LogP contribution in [0, 0.1) is 0 Å². The van der Waals surface area contributed by atoms with Crippen LogP contribution in [0.4, 0.5) is 18.9 Å². The summed E-state index contributed by atoms with van der Waals surface area (Å²) in [5.74, 6) is -0.116. The molecular formula is C15H16F3N3O. The lowest BCUT2D eigenvalue weighted by Crippen LogP contribution is -2.19. The molecule has 7 heteroatoms. The highest BCUT2D eigenvalue weighted by Gasteiger charge is 2.33. The molecule has 1 N–H and O–H groups in total. The van der Waals surface area contributed by atoms with E-state index in [2.05, 4.69) is 10.4 Å². The number of anilines is 1. The molecule has 0 bridgehead atoms. The highest BCUT2D eigenvalue weighted by Crippen LogP contribution is 2.27. The fourth-order valence-electron chi connectivity index (χ4n) is 1.92. The Morgan fingerprint density at radius 2 is 2.05 bits per heavy atom. The molecular weight excluding hydrogens is 295 g/mol. The van der Waals surface area contributed by atoms with Crippen molar-refractivity contribution in [3.8, 4) is 0 Å². The standard InChI is InChI=1S/C15H16F3N3O/c1-10(2)11-4-3-5-12(8-11)19-14(22)9-21-7-6-13(20-21)15(16,17)18/h3-8,10H,9H2,1-2H3,(H,19,22). The minimum Gasteiger partial charge on any atom is -0.324 e. The first kappa shape index (κ1) is 16.1. The van der Waals surface area contributed by atoms with Gasteiger partial charge >= 0.3 is 6.18 Å². The molecule has 1 amide bonds. The number of nitrogens with zero attached hydrogens (tertiary/aromatic N) is 2. The summed E-state index contributed by atoms with van der Waals surface area (Å²) in [6.45, 7) is 3.79. The molecule has 2 aromatic rings. The highest BCUT2D eigenvalue weighted by molar-refractivity contribution is 5.90. The van der Waals surface area contributed by atoms with Gasteiger partial charge in [0, 0.05) is 11.9 Å². The quantitative estimate of drug-likeness (QED) is 0.936. The van der Waals surface area contributed by atoms with Crippen LogP contribution in [-0.4, -0.2) is 15.7 Å². The number of amides is 1. The van der Waals surface area contributed by atoms with Gasteiger partial charge in [-0.2, -0.15) is 18.3 Å². The zero-order valence-electron chi connectivity index (χ0n) is 12.2. The van der Waals surface area contributed by atoms with Crippen molar-refractivity contribution in [1.29, 1.82) is 0 Å². The lowest BCUT2D eigenvalue weighted by atomic mass is 10.0. The maximum atomic E-state index is 12.4. The van der Waals surface area contributed by atoms with Crippen LogP contribution >= 0.6 is 0 Å². The molecule has 0 spiro atoms. The predicted octanol–water partition coefficient (Wildman–Crippen LogP) is 3.66. The first-order valence-electron chi connectivity index (χ1n) is 6.76. The highest BCUT2D eigenvalue weighted by atomic mass is 19.4. The van der Waals surface area contributed by atoms with Crippen LogP contribution in [0.2, 0.25) is 0 Å². The molecule has 1 aromatic carbocycles. The van der Waals surface area contributed by atoms with Crippen molar-refractivity contribution < 1.29 is 18.0 Å². The number of hydrogen-bond acceptors (Lipinski definition) is 2. The van der Waals surface area contributed by atoms with E-state index in [4.69, 9.17) is 0 Å². The van der Waals surface area contributed by atoms with E-state index in [1.54, 1.807) is 6.07 Å². The molecule has 0 unspecified atom stereocenters. The van der Waals surface area contributed by atoms with Crippen molar-refractivity contribution in [1.82, 2.24) is 9.78 Å². The molecule has 22 heavy (non-hydrogen) atoms. The third kappa shape index (κ3) is 4.09. The van der Waals surface area contributed by atoms with Gasteiger partial charge in [-0.05, 0) is 29.7 Å². The summed E-state index contributed by atoms with van der Waals surface area (Å²) < 4.78 is 38.3. The van der Waals surface area contributed by atoms with Crippen molar-refractivity contribution in [2.24, 2.45) is 0 Å². The lowest BCUT2D eigenvalue weighted by molar-refractivity contribution is -0.141. The number of carbonyl (C=O) groups excluding carboxylic acids is 1. The zero-order valence-corrected chi connectivity index (χ0v) is 12.2. The Hall–Kier alpha value is -2.31. The summed E-state index contributed by atoms with van der Waals surface area (Å²) in [6.07, 6.45) is -3.37. The SMILES string of the molecule is CC(C)c1cccc(NC(=O)Cn2ccc(C(F)(F)F)n2)c1. The number of halogens is 3. The largest absolute Gasteiger partial charge is 0.435 e. The average Bonchev–Trinajstić information content (AvgIpc) is 2.87. The van der Waals surface area contributed by atoms with Gasteiger partial charge in [-0.3, -0.25) is 9.48 Å².